The Labute approximate surface area is 181 Å². The normalized spacial score (nSPS) is 18.6. The number of aromatic amines is 1. The van der Waals surface area contributed by atoms with E-state index in [9.17, 15) is 9.18 Å². The second kappa shape index (κ2) is 9.27. The summed E-state index contributed by atoms with van der Waals surface area (Å²) in [7, 11) is 0. The average Bonchev–Trinajstić information content (AvgIpc) is 3.23. The van der Waals surface area contributed by atoms with Gasteiger partial charge in [-0.3, -0.25) is 4.79 Å². The van der Waals surface area contributed by atoms with E-state index in [2.05, 4.69) is 20.1 Å². The van der Waals surface area contributed by atoms with Gasteiger partial charge in [-0.2, -0.15) is 0 Å². The van der Waals surface area contributed by atoms with Gasteiger partial charge in [-0.15, -0.1) is 0 Å². The lowest BCUT2D eigenvalue weighted by Crippen LogP contribution is -2.47. The summed E-state index contributed by atoms with van der Waals surface area (Å²) in [6.07, 6.45) is 3.96. The van der Waals surface area contributed by atoms with E-state index < -0.39 is 0 Å². The van der Waals surface area contributed by atoms with E-state index in [0.29, 0.717) is 41.7 Å². The number of benzene rings is 2. The topological polar surface area (TPSA) is 65.4 Å². The summed E-state index contributed by atoms with van der Waals surface area (Å²) in [6, 6.07) is 12.2. The van der Waals surface area contributed by atoms with Crippen LogP contribution < -0.4 is 5.32 Å². The molecular formula is C24H26FN5O. The summed E-state index contributed by atoms with van der Waals surface area (Å²) in [5, 5.41) is 3.57. The second-order valence-electron chi connectivity index (χ2n) is 8.01. The van der Waals surface area contributed by atoms with E-state index in [1.165, 1.54) is 12.1 Å². The van der Waals surface area contributed by atoms with E-state index >= 15 is 0 Å². The fourth-order valence-electron chi connectivity index (χ4n) is 4.37. The molecule has 1 aliphatic carbocycles. The van der Waals surface area contributed by atoms with Crippen molar-refractivity contribution in [3.05, 3.63) is 71.1 Å². The molecule has 2 aromatic carbocycles. The first-order valence-electron chi connectivity index (χ1n) is 10.7. The molecule has 0 spiro atoms. The van der Waals surface area contributed by atoms with Crippen molar-refractivity contribution in [1.29, 1.82) is 0 Å². The zero-order valence-electron chi connectivity index (χ0n) is 17.6. The van der Waals surface area contributed by atoms with Crippen molar-refractivity contribution in [2.45, 2.75) is 51.2 Å². The fraction of sp³-hybridized carbons (Fsp3) is 0.375. The number of carbonyl (C=O) groups is 1. The number of H-pyrrole nitrogens is 1. The highest BCUT2D eigenvalue weighted by atomic mass is 19.1. The zero-order valence-corrected chi connectivity index (χ0v) is 17.6. The van der Waals surface area contributed by atoms with Crippen molar-refractivity contribution in [3.8, 4) is 0 Å². The molecule has 160 valence electrons. The number of rotatable bonds is 6. The van der Waals surface area contributed by atoms with Gasteiger partial charge < -0.3 is 15.2 Å². The number of hydrogen-bond acceptors (Lipinski definition) is 3. The molecule has 3 aromatic rings. The summed E-state index contributed by atoms with van der Waals surface area (Å²) in [6.45, 7) is 10.4. The molecule has 1 amide bonds. The van der Waals surface area contributed by atoms with Crippen LogP contribution in [0.5, 0.6) is 0 Å². The third-order valence-corrected chi connectivity index (χ3v) is 5.99. The minimum Gasteiger partial charge on any atom is -0.335 e. The number of nitrogens with one attached hydrogen (secondary N) is 2. The van der Waals surface area contributed by atoms with Crippen LogP contribution in [-0.4, -0.2) is 39.4 Å². The number of nitrogens with zero attached hydrogens (tertiary/aromatic N) is 3. The number of amides is 1. The first-order valence-corrected chi connectivity index (χ1v) is 10.7. The lowest BCUT2D eigenvalue weighted by molar-refractivity contribution is 0.0617. The molecule has 0 saturated heterocycles. The van der Waals surface area contributed by atoms with Gasteiger partial charge in [-0.25, -0.2) is 14.2 Å². The fourth-order valence-corrected chi connectivity index (χ4v) is 4.37. The Morgan fingerprint density at radius 3 is 2.84 bits per heavy atom. The van der Waals surface area contributed by atoms with Gasteiger partial charge in [0.25, 0.3) is 5.91 Å². The molecule has 1 aliphatic rings. The number of halogens is 1. The third-order valence-electron chi connectivity index (χ3n) is 5.99. The molecule has 6 nitrogen and oxygen atoms in total. The molecule has 2 N–H and O–H groups in total. The Morgan fingerprint density at radius 2 is 2.10 bits per heavy atom. The molecule has 1 heterocycles. The third kappa shape index (κ3) is 4.75. The van der Waals surface area contributed by atoms with E-state index in [4.69, 9.17) is 6.57 Å². The van der Waals surface area contributed by atoms with Gasteiger partial charge in [0.15, 0.2) is 11.5 Å². The zero-order chi connectivity index (χ0) is 21.8. The Balaban J connectivity index is 1.43. The number of aromatic nitrogens is 2. The van der Waals surface area contributed by atoms with Crippen molar-refractivity contribution >= 4 is 22.6 Å². The predicted octanol–water partition coefficient (Wildman–Crippen LogP) is 4.82. The first-order chi connectivity index (χ1) is 15.1. The molecule has 4 rings (SSSR count). The summed E-state index contributed by atoms with van der Waals surface area (Å²) < 4.78 is 13.1. The van der Waals surface area contributed by atoms with Crippen molar-refractivity contribution < 1.29 is 9.18 Å². The lowest BCUT2D eigenvalue weighted by atomic mass is 9.89. The number of imidazole rings is 1. The van der Waals surface area contributed by atoms with Crippen LogP contribution in [0, 0.1) is 12.4 Å². The Bertz CT molecular complexity index is 1100. The van der Waals surface area contributed by atoms with Crippen molar-refractivity contribution in [3.63, 3.8) is 0 Å². The van der Waals surface area contributed by atoms with Gasteiger partial charge in [-0.05, 0) is 62.4 Å². The van der Waals surface area contributed by atoms with Gasteiger partial charge in [0.2, 0.25) is 0 Å². The van der Waals surface area contributed by atoms with Gasteiger partial charge >= 0.3 is 0 Å². The average molecular weight is 420 g/mol. The molecule has 0 aliphatic heterocycles. The largest absolute Gasteiger partial charge is 0.335 e. The summed E-state index contributed by atoms with van der Waals surface area (Å²) >= 11 is 0. The lowest BCUT2D eigenvalue weighted by Gasteiger charge is -2.37. The van der Waals surface area contributed by atoms with Crippen LogP contribution in [0.2, 0.25) is 0 Å². The van der Waals surface area contributed by atoms with Gasteiger partial charge in [0.05, 0.1) is 17.6 Å². The maximum absolute atomic E-state index is 13.2. The molecular weight excluding hydrogens is 393 g/mol. The molecule has 1 aromatic heterocycles. The minimum atomic E-state index is -0.227. The molecule has 1 saturated carbocycles. The molecule has 2 atom stereocenters. The highest BCUT2D eigenvalue weighted by Crippen LogP contribution is 2.26. The maximum atomic E-state index is 13.2. The van der Waals surface area contributed by atoms with E-state index in [-0.39, 0.29) is 17.8 Å². The standard InChI is InChI=1S/C24H26FN5O/c1-3-30(24(31)23-28-21-12-11-18(26-2)14-22(21)29-23)20-6-4-5-19(13-20)27-15-16-7-9-17(25)10-8-16/h7-12,14,19-20,27H,3-6,13,15H2,1H3,(H,28,29)/t19-,20+/m1/s1. The summed E-state index contributed by atoms with van der Waals surface area (Å²) in [5.74, 6) is -0.0119. The Morgan fingerprint density at radius 1 is 1.29 bits per heavy atom. The molecule has 0 bridgehead atoms. The highest BCUT2D eigenvalue weighted by Gasteiger charge is 2.30. The van der Waals surface area contributed by atoms with E-state index in [1.54, 1.807) is 30.3 Å². The number of fused-ring (bicyclic) bond motifs is 1. The predicted molar refractivity (Wildman–Crippen MR) is 118 cm³/mol. The Hall–Kier alpha value is -3.24. The van der Waals surface area contributed by atoms with Crippen molar-refractivity contribution in [2.75, 3.05) is 6.54 Å². The monoisotopic (exact) mass is 419 g/mol. The van der Waals surface area contributed by atoms with Crippen LogP contribution in [0.1, 0.15) is 48.8 Å². The van der Waals surface area contributed by atoms with Crippen molar-refractivity contribution in [2.24, 2.45) is 0 Å². The van der Waals surface area contributed by atoms with Crippen LogP contribution in [-0.2, 0) is 6.54 Å². The van der Waals surface area contributed by atoms with Crippen LogP contribution in [0.4, 0.5) is 10.1 Å². The summed E-state index contributed by atoms with van der Waals surface area (Å²) in [5.41, 5.74) is 2.96. The SMILES string of the molecule is [C-]#[N+]c1ccc2nc(C(=O)N(CC)[C@H]3CCC[C@@H](NCc4ccc(F)cc4)C3)[nH]c2c1. The van der Waals surface area contributed by atoms with Gasteiger partial charge in [-0.1, -0.05) is 18.2 Å². The first kappa shape index (κ1) is 21.0. The number of carbonyl (C=O) groups excluding carboxylic acids is 1. The number of hydrogen-bond donors (Lipinski definition) is 2. The molecule has 7 heteroatoms. The van der Waals surface area contributed by atoms with E-state index in [1.807, 2.05) is 11.8 Å². The van der Waals surface area contributed by atoms with Crippen molar-refractivity contribution in [1.82, 2.24) is 20.2 Å². The quantitative estimate of drug-likeness (QED) is 0.563. The maximum Gasteiger partial charge on any atom is 0.289 e. The molecule has 0 radical (unpaired) electrons. The highest BCUT2D eigenvalue weighted by molar-refractivity contribution is 5.95. The molecule has 1 fully saturated rings. The van der Waals surface area contributed by atoms with Crippen LogP contribution in [0.3, 0.4) is 0 Å². The second-order valence-corrected chi connectivity index (χ2v) is 8.01. The summed E-state index contributed by atoms with van der Waals surface area (Å²) in [4.78, 5) is 26.1. The molecule has 0 unspecified atom stereocenters. The Kier molecular flexibility index (Phi) is 6.28. The van der Waals surface area contributed by atoms with Crippen LogP contribution in [0.15, 0.2) is 42.5 Å². The smallest absolute Gasteiger partial charge is 0.289 e. The minimum absolute atomic E-state index is 0.104. The van der Waals surface area contributed by atoms with Gasteiger partial charge in [0, 0.05) is 25.2 Å². The van der Waals surface area contributed by atoms with Gasteiger partial charge in [0.1, 0.15) is 5.82 Å². The van der Waals surface area contributed by atoms with Crippen LogP contribution >= 0.6 is 0 Å². The van der Waals surface area contributed by atoms with Crippen LogP contribution in [0.25, 0.3) is 15.9 Å². The van der Waals surface area contributed by atoms with E-state index in [0.717, 1.165) is 31.2 Å². The molecule has 31 heavy (non-hydrogen) atoms.